The second kappa shape index (κ2) is 11.7. The second-order valence-electron chi connectivity index (χ2n) is 10.9. The Labute approximate surface area is 239 Å². The normalized spacial score (nSPS) is 15.7. The van der Waals surface area contributed by atoms with Crippen molar-refractivity contribution >= 4 is 35.2 Å². The molecule has 5 rings (SSSR count). The fraction of sp³-hybridized carbons (Fsp3) is 0.414. The quantitative estimate of drug-likeness (QED) is 0.205. The lowest BCUT2D eigenvalue weighted by molar-refractivity contribution is 0.112. The zero-order valence-electron chi connectivity index (χ0n) is 24.0. The summed E-state index contributed by atoms with van der Waals surface area (Å²) in [6, 6.07) is 8.86. The van der Waals surface area contributed by atoms with Crippen LogP contribution in [0.3, 0.4) is 0 Å². The van der Waals surface area contributed by atoms with Gasteiger partial charge in [-0.25, -0.2) is 19.7 Å². The lowest BCUT2D eigenvalue weighted by atomic mass is 9.81. The Hall–Kier alpha value is -4.29. The van der Waals surface area contributed by atoms with Crippen LogP contribution in [0.4, 0.5) is 29.0 Å². The number of methoxy groups -OCH3 is 1. The van der Waals surface area contributed by atoms with Gasteiger partial charge in [0, 0.05) is 69.2 Å². The van der Waals surface area contributed by atoms with Gasteiger partial charge in [-0.05, 0) is 38.5 Å². The van der Waals surface area contributed by atoms with Crippen LogP contribution in [0.25, 0.3) is 0 Å². The van der Waals surface area contributed by atoms with E-state index in [1.54, 1.807) is 24.3 Å². The number of anilines is 5. The lowest BCUT2D eigenvalue weighted by Gasteiger charge is -2.39. The molecule has 0 atom stereocenters. The minimum absolute atomic E-state index is 0.156. The van der Waals surface area contributed by atoms with Crippen LogP contribution in [0.15, 0.2) is 54.0 Å². The molecule has 12 nitrogen and oxygen atoms in total. The van der Waals surface area contributed by atoms with Gasteiger partial charge >= 0.3 is 0 Å². The first-order valence-corrected chi connectivity index (χ1v) is 13.7. The average molecular weight is 560 g/mol. The zero-order chi connectivity index (χ0) is 29.1. The number of nitrogens with one attached hydrogen (secondary N) is 2. The number of benzene rings is 1. The van der Waals surface area contributed by atoms with Gasteiger partial charge in [0.15, 0.2) is 17.9 Å². The highest BCUT2D eigenvalue weighted by molar-refractivity contribution is 5.84. The van der Waals surface area contributed by atoms with Crippen molar-refractivity contribution in [1.82, 2.24) is 30.1 Å². The number of ether oxygens (including phenoxy) is 1. The van der Waals surface area contributed by atoms with E-state index in [1.165, 1.54) is 23.4 Å². The number of nitrogens with zero attached hydrogens (tertiary/aromatic N) is 7. The Morgan fingerprint density at radius 2 is 2.07 bits per heavy atom. The number of aromatic nitrogens is 4. The van der Waals surface area contributed by atoms with E-state index >= 15 is 0 Å². The van der Waals surface area contributed by atoms with Gasteiger partial charge in [0.2, 0.25) is 5.95 Å². The van der Waals surface area contributed by atoms with Crippen molar-refractivity contribution in [3.05, 3.63) is 65.1 Å². The molecule has 0 bridgehead atoms. The van der Waals surface area contributed by atoms with Gasteiger partial charge in [0.25, 0.3) is 5.56 Å². The number of rotatable bonds is 11. The first-order valence-electron chi connectivity index (χ1n) is 13.7. The molecule has 0 saturated carbocycles. The molecule has 4 heterocycles. The van der Waals surface area contributed by atoms with Crippen molar-refractivity contribution in [3.63, 3.8) is 0 Å². The molecule has 2 aliphatic rings. The van der Waals surface area contributed by atoms with Crippen molar-refractivity contribution in [3.8, 4) is 5.75 Å². The summed E-state index contributed by atoms with van der Waals surface area (Å²) in [4.78, 5) is 36.0. The van der Waals surface area contributed by atoms with Gasteiger partial charge in [-0.3, -0.25) is 9.59 Å². The van der Waals surface area contributed by atoms with Gasteiger partial charge in [0.1, 0.15) is 5.75 Å². The van der Waals surface area contributed by atoms with Crippen molar-refractivity contribution in [1.29, 1.82) is 0 Å². The van der Waals surface area contributed by atoms with E-state index in [4.69, 9.17) is 9.72 Å². The largest absolute Gasteiger partial charge is 0.495 e. The highest BCUT2D eigenvalue weighted by Crippen LogP contribution is 2.41. The number of hydrazine groups is 1. The minimum Gasteiger partial charge on any atom is -0.495 e. The fourth-order valence-electron chi connectivity index (χ4n) is 5.36. The molecule has 41 heavy (non-hydrogen) atoms. The molecule has 2 aliphatic heterocycles. The summed E-state index contributed by atoms with van der Waals surface area (Å²) in [7, 11) is 3.49. The molecule has 2 saturated heterocycles. The molecule has 0 radical (unpaired) electrons. The van der Waals surface area contributed by atoms with Crippen molar-refractivity contribution in [2.24, 2.45) is 5.41 Å². The smallest absolute Gasteiger partial charge is 0.267 e. The van der Waals surface area contributed by atoms with Crippen LogP contribution in [0, 0.1) is 5.41 Å². The summed E-state index contributed by atoms with van der Waals surface area (Å²) < 4.78 is 7.16. The lowest BCUT2D eigenvalue weighted by Crippen LogP contribution is -2.54. The van der Waals surface area contributed by atoms with Gasteiger partial charge in [-0.15, -0.1) is 11.7 Å². The van der Waals surface area contributed by atoms with Crippen molar-refractivity contribution < 1.29 is 9.53 Å². The topological polar surface area (TPSA) is 121 Å². The molecular weight excluding hydrogens is 522 g/mol. The van der Waals surface area contributed by atoms with E-state index in [0.717, 1.165) is 43.3 Å². The van der Waals surface area contributed by atoms with E-state index in [2.05, 4.69) is 38.3 Å². The standard InChI is InChI=1S/C29H37N9O3/c1-6-12-35(4)38(25-9-10-26(40)37(34-25)20(2)3)27-21(16-39)15-31-28(33-27)32-22-7-8-23(24(14-22)41-5)36-13-11-29(19-36)17-30-18-29/h6-10,14-16,20,30H,1,11-13,17-19H2,2-5H3,(H,31,32,33). The summed E-state index contributed by atoms with van der Waals surface area (Å²) in [6.07, 6.45) is 5.06. The van der Waals surface area contributed by atoms with Gasteiger partial charge in [-0.1, -0.05) is 6.08 Å². The number of hydrogen-bond acceptors (Lipinski definition) is 11. The van der Waals surface area contributed by atoms with Crippen LogP contribution in [-0.4, -0.2) is 77.9 Å². The summed E-state index contributed by atoms with van der Waals surface area (Å²) in [5.74, 6) is 1.78. The predicted molar refractivity (Wildman–Crippen MR) is 160 cm³/mol. The highest BCUT2D eigenvalue weighted by atomic mass is 16.5. The fourth-order valence-corrected chi connectivity index (χ4v) is 5.36. The van der Waals surface area contributed by atoms with Crippen LogP contribution in [0.2, 0.25) is 0 Å². The Morgan fingerprint density at radius 3 is 2.71 bits per heavy atom. The maximum absolute atomic E-state index is 12.4. The van der Waals surface area contributed by atoms with E-state index in [1.807, 2.05) is 38.0 Å². The maximum Gasteiger partial charge on any atom is 0.267 e. The first-order chi connectivity index (χ1) is 19.8. The molecular formula is C29H37N9O3. The number of carbonyl (C=O) groups excluding carboxylic acids is 1. The molecule has 1 aromatic carbocycles. The molecule has 3 aromatic rings. The van der Waals surface area contributed by atoms with E-state index < -0.39 is 0 Å². The average Bonchev–Trinajstić information content (AvgIpc) is 3.41. The van der Waals surface area contributed by atoms with Crippen LogP contribution < -0.4 is 30.8 Å². The number of likely N-dealkylation sites (N-methyl/N-ethyl adjacent to an activating group) is 1. The van der Waals surface area contributed by atoms with Crippen LogP contribution >= 0.6 is 0 Å². The summed E-state index contributed by atoms with van der Waals surface area (Å²) in [5.41, 5.74) is 2.21. The van der Waals surface area contributed by atoms with Crippen molar-refractivity contribution in [2.75, 3.05) is 62.1 Å². The molecule has 2 fully saturated rings. The van der Waals surface area contributed by atoms with E-state index in [-0.39, 0.29) is 23.1 Å². The predicted octanol–water partition coefficient (Wildman–Crippen LogP) is 3.15. The summed E-state index contributed by atoms with van der Waals surface area (Å²) >= 11 is 0. The molecule has 0 unspecified atom stereocenters. The van der Waals surface area contributed by atoms with E-state index in [9.17, 15) is 9.59 Å². The van der Waals surface area contributed by atoms with Crippen molar-refractivity contribution in [2.45, 2.75) is 26.3 Å². The number of aldehydes is 1. The maximum atomic E-state index is 12.4. The van der Waals surface area contributed by atoms with E-state index in [0.29, 0.717) is 29.9 Å². The molecule has 12 heteroatoms. The number of hydrogen-bond donors (Lipinski definition) is 2. The third-order valence-electron chi connectivity index (χ3n) is 7.59. The van der Waals surface area contributed by atoms with Crippen LogP contribution in [-0.2, 0) is 0 Å². The minimum atomic E-state index is -0.221. The second-order valence-corrected chi connectivity index (χ2v) is 10.9. The summed E-state index contributed by atoms with van der Waals surface area (Å²) in [6.45, 7) is 12.2. The molecule has 2 aromatic heterocycles. The van der Waals surface area contributed by atoms with Crippen LogP contribution in [0.5, 0.6) is 5.75 Å². The SMILES string of the molecule is C=CCN(C)N(c1ccc(=O)n(C(C)C)n1)c1nc(Nc2ccc(N3CCC4(CNC4)C3)c(OC)c2)ncc1C=O. The molecule has 1 spiro atoms. The molecule has 216 valence electrons. The monoisotopic (exact) mass is 559 g/mol. The third kappa shape index (κ3) is 5.66. The Morgan fingerprint density at radius 1 is 1.27 bits per heavy atom. The van der Waals surface area contributed by atoms with Gasteiger partial charge < -0.3 is 20.3 Å². The number of carbonyl (C=O) groups is 1. The first kappa shape index (κ1) is 28.2. The molecule has 0 aliphatic carbocycles. The third-order valence-corrected chi connectivity index (χ3v) is 7.59. The Balaban J connectivity index is 1.47. The Bertz CT molecular complexity index is 1480. The van der Waals surface area contributed by atoms with Gasteiger partial charge in [-0.2, -0.15) is 4.98 Å². The highest BCUT2D eigenvalue weighted by Gasteiger charge is 2.43. The van der Waals surface area contributed by atoms with Gasteiger partial charge in [0.05, 0.1) is 24.4 Å². The zero-order valence-corrected chi connectivity index (χ0v) is 24.0. The molecule has 2 N–H and O–H groups in total. The molecule has 0 amide bonds. The Kier molecular flexibility index (Phi) is 8.04. The van der Waals surface area contributed by atoms with Crippen LogP contribution in [0.1, 0.15) is 36.7 Å². The summed E-state index contributed by atoms with van der Waals surface area (Å²) in [5, 5.41) is 14.7.